The van der Waals surface area contributed by atoms with Crippen molar-refractivity contribution >= 4 is 0 Å². The number of aromatic nitrogens is 2. The molecule has 2 rings (SSSR count). The van der Waals surface area contributed by atoms with Crippen LogP contribution in [0.25, 0.3) is 0 Å². The van der Waals surface area contributed by atoms with Gasteiger partial charge in [0.15, 0.2) is 0 Å². The number of nitrogens with two attached hydrogens (primary N) is 1. The summed E-state index contributed by atoms with van der Waals surface area (Å²) >= 11 is 0. The SMILES string of the molecule is CN(C1CCC1)C(CN)c1cncn1C. The van der Waals surface area contributed by atoms with Crippen molar-refractivity contribution in [2.24, 2.45) is 12.8 Å². The molecule has 1 aliphatic rings. The topological polar surface area (TPSA) is 47.1 Å². The molecular weight excluding hydrogens is 188 g/mol. The number of hydrogen-bond donors (Lipinski definition) is 1. The zero-order chi connectivity index (χ0) is 10.8. The Labute approximate surface area is 91.1 Å². The number of aryl methyl sites for hydroxylation is 1. The molecule has 4 nitrogen and oxygen atoms in total. The average molecular weight is 208 g/mol. The van der Waals surface area contributed by atoms with E-state index in [9.17, 15) is 0 Å². The van der Waals surface area contributed by atoms with E-state index in [-0.39, 0.29) is 0 Å². The number of nitrogens with zero attached hydrogens (tertiary/aromatic N) is 3. The van der Waals surface area contributed by atoms with Gasteiger partial charge in [-0.2, -0.15) is 0 Å². The summed E-state index contributed by atoms with van der Waals surface area (Å²) in [5.41, 5.74) is 7.08. The molecule has 1 heterocycles. The highest BCUT2D eigenvalue weighted by molar-refractivity contribution is 5.06. The zero-order valence-corrected chi connectivity index (χ0v) is 9.56. The molecule has 15 heavy (non-hydrogen) atoms. The molecule has 0 aliphatic heterocycles. The molecular formula is C11H20N4. The van der Waals surface area contributed by atoms with Gasteiger partial charge in [-0.15, -0.1) is 0 Å². The maximum atomic E-state index is 5.87. The van der Waals surface area contributed by atoms with Crippen LogP contribution < -0.4 is 5.73 Å². The Hall–Kier alpha value is -0.870. The first-order valence-corrected chi connectivity index (χ1v) is 5.62. The fourth-order valence-corrected chi connectivity index (χ4v) is 2.23. The van der Waals surface area contributed by atoms with Crippen molar-refractivity contribution in [2.45, 2.75) is 31.3 Å². The molecule has 1 aromatic heterocycles. The van der Waals surface area contributed by atoms with E-state index in [1.807, 2.05) is 19.6 Å². The monoisotopic (exact) mass is 208 g/mol. The van der Waals surface area contributed by atoms with E-state index < -0.39 is 0 Å². The standard InChI is InChI=1S/C11H20N4/c1-14-8-13-7-11(14)10(6-12)15(2)9-4-3-5-9/h7-10H,3-6,12H2,1-2H3. The van der Waals surface area contributed by atoms with Crippen LogP contribution >= 0.6 is 0 Å². The van der Waals surface area contributed by atoms with Gasteiger partial charge in [-0.1, -0.05) is 6.42 Å². The molecule has 84 valence electrons. The van der Waals surface area contributed by atoms with Crippen LogP contribution in [-0.4, -0.2) is 34.1 Å². The summed E-state index contributed by atoms with van der Waals surface area (Å²) in [6, 6.07) is 1.02. The van der Waals surface area contributed by atoms with Crippen LogP contribution in [0.5, 0.6) is 0 Å². The lowest BCUT2D eigenvalue weighted by Crippen LogP contribution is -2.42. The van der Waals surface area contributed by atoms with Gasteiger partial charge in [0, 0.05) is 25.8 Å². The minimum absolute atomic E-state index is 0.308. The predicted octanol–water partition coefficient (Wildman–Crippen LogP) is 0.904. The fourth-order valence-electron chi connectivity index (χ4n) is 2.23. The van der Waals surface area contributed by atoms with E-state index in [1.165, 1.54) is 25.0 Å². The Kier molecular flexibility index (Phi) is 3.07. The van der Waals surface area contributed by atoms with Gasteiger partial charge in [0.25, 0.3) is 0 Å². The smallest absolute Gasteiger partial charge is 0.0946 e. The Morgan fingerprint density at radius 3 is 2.80 bits per heavy atom. The minimum atomic E-state index is 0.308. The Bertz CT molecular complexity index is 316. The third-order valence-corrected chi connectivity index (χ3v) is 3.56. The molecule has 1 fully saturated rings. The highest BCUT2D eigenvalue weighted by atomic mass is 15.2. The van der Waals surface area contributed by atoms with Crippen molar-refractivity contribution < 1.29 is 0 Å². The fraction of sp³-hybridized carbons (Fsp3) is 0.727. The first-order valence-electron chi connectivity index (χ1n) is 5.62. The molecule has 1 atom stereocenters. The first-order chi connectivity index (χ1) is 7.24. The maximum absolute atomic E-state index is 5.87. The summed E-state index contributed by atoms with van der Waals surface area (Å²) in [6.45, 7) is 0.659. The highest BCUT2D eigenvalue weighted by Crippen LogP contribution is 2.29. The average Bonchev–Trinajstić information content (AvgIpc) is 2.51. The van der Waals surface area contributed by atoms with Gasteiger partial charge in [0.05, 0.1) is 18.1 Å². The Morgan fingerprint density at radius 2 is 2.40 bits per heavy atom. The second-order valence-electron chi connectivity index (χ2n) is 4.43. The van der Waals surface area contributed by atoms with Crippen LogP contribution in [0.2, 0.25) is 0 Å². The van der Waals surface area contributed by atoms with Gasteiger partial charge in [-0.05, 0) is 19.9 Å². The van der Waals surface area contributed by atoms with Crippen LogP contribution in [0.3, 0.4) is 0 Å². The van der Waals surface area contributed by atoms with E-state index in [0.29, 0.717) is 18.6 Å². The first kappa shape index (κ1) is 10.6. The van der Waals surface area contributed by atoms with Gasteiger partial charge < -0.3 is 10.3 Å². The Balaban J connectivity index is 2.12. The van der Waals surface area contributed by atoms with Gasteiger partial charge >= 0.3 is 0 Å². The van der Waals surface area contributed by atoms with Crippen molar-refractivity contribution in [1.82, 2.24) is 14.5 Å². The van der Waals surface area contributed by atoms with Crippen molar-refractivity contribution in [3.8, 4) is 0 Å². The van der Waals surface area contributed by atoms with Crippen LogP contribution in [0.1, 0.15) is 31.0 Å². The second-order valence-corrected chi connectivity index (χ2v) is 4.43. The van der Waals surface area contributed by atoms with Crippen LogP contribution in [0.4, 0.5) is 0 Å². The van der Waals surface area contributed by atoms with Crippen molar-refractivity contribution in [3.05, 3.63) is 18.2 Å². The molecule has 0 saturated heterocycles. The molecule has 2 N–H and O–H groups in total. The largest absolute Gasteiger partial charge is 0.336 e. The minimum Gasteiger partial charge on any atom is -0.336 e. The lowest BCUT2D eigenvalue weighted by molar-refractivity contribution is 0.110. The number of imidazole rings is 1. The van der Waals surface area contributed by atoms with Crippen LogP contribution in [-0.2, 0) is 7.05 Å². The number of hydrogen-bond acceptors (Lipinski definition) is 3. The summed E-state index contributed by atoms with van der Waals surface area (Å²) in [7, 11) is 4.20. The van der Waals surface area contributed by atoms with Crippen molar-refractivity contribution in [3.63, 3.8) is 0 Å². The van der Waals surface area contributed by atoms with Crippen molar-refractivity contribution in [1.29, 1.82) is 0 Å². The summed E-state index contributed by atoms with van der Waals surface area (Å²) in [4.78, 5) is 6.56. The molecule has 0 bridgehead atoms. The molecule has 1 aliphatic carbocycles. The number of likely N-dealkylation sites (N-methyl/N-ethyl adjacent to an activating group) is 1. The Morgan fingerprint density at radius 1 is 1.67 bits per heavy atom. The molecule has 4 heteroatoms. The highest BCUT2D eigenvalue weighted by Gasteiger charge is 2.28. The summed E-state index contributed by atoms with van der Waals surface area (Å²) in [6.07, 6.45) is 7.74. The van der Waals surface area contributed by atoms with E-state index >= 15 is 0 Å². The molecule has 1 aromatic rings. The summed E-state index contributed by atoms with van der Waals surface area (Å²) in [5, 5.41) is 0. The molecule has 0 amide bonds. The molecule has 0 aromatic carbocycles. The van der Waals surface area contributed by atoms with E-state index in [4.69, 9.17) is 5.73 Å². The normalized spacial score (nSPS) is 19.2. The van der Waals surface area contributed by atoms with Gasteiger partial charge in [-0.3, -0.25) is 4.90 Å². The molecule has 1 saturated carbocycles. The van der Waals surface area contributed by atoms with Crippen LogP contribution in [0, 0.1) is 0 Å². The molecule has 0 radical (unpaired) electrons. The molecule has 0 spiro atoms. The maximum Gasteiger partial charge on any atom is 0.0946 e. The van der Waals surface area contributed by atoms with Gasteiger partial charge in [0.2, 0.25) is 0 Å². The van der Waals surface area contributed by atoms with Crippen LogP contribution in [0.15, 0.2) is 12.5 Å². The third kappa shape index (κ3) is 1.92. The lowest BCUT2D eigenvalue weighted by atomic mass is 9.90. The lowest BCUT2D eigenvalue weighted by Gasteiger charge is -2.39. The summed E-state index contributed by atoms with van der Waals surface area (Å²) < 4.78 is 2.06. The number of rotatable bonds is 4. The van der Waals surface area contributed by atoms with Gasteiger partial charge in [-0.25, -0.2) is 4.98 Å². The third-order valence-electron chi connectivity index (χ3n) is 3.56. The predicted molar refractivity (Wildman–Crippen MR) is 60.4 cm³/mol. The molecule has 1 unspecified atom stereocenters. The van der Waals surface area contributed by atoms with Crippen molar-refractivity contribution in [2.75, 3.05) is 13.6 Å². The van der Waals surface area contributed by atoms with Gasteiger partial charge in [0.1, 0.15) is 0 Å². The second kappa shape index (κ2) is 4.33. The quantitative estimate of drug-likeness (QED) is 0.800. The van der Waals surface area contributed by atoms with E-state index in [0.717, 1.165) is 0 Å². The van der Waals surface area contributed by atoms with E-state index in [1.54, 1.807) is 0 Å². The van der Waals surface area contributed by atoms with E-state index in [2.05, 4.69) is 21.5 Å². The summed E-state index contributed by atoms with van der Waals surface area (Å²) in [5.74, 6) is 0. The zero-order valence-electron chi connectivity index (χ0n) is 9.56.